The predicted octanol–water partition coefficient (Wildman–Crippen LogP) is 1.50. The Morgan fingerprint density at radius 2 is 1.91 bits per heavy atom. The first kappa shape index (κ1) is 23.4. The van der Waals surface area contributed by atoms with E-state index in [4.69, 9.17) is 0 Å². The molecular weight excluding hydrogens is 417 g/mol. The maximum atomic E-state index is 13.1. The quantitative estimate of drug-likeness (QED) is 0.698. The molecule has 2 N–H and O–H groups in total. The van der Waals surface area contributed by atoms with Crippen LogP contribution in [0.5, 0.6) is 5.75 Å². The molecule has 0 bridgehead atoms. The van der Waals surface area contributed by atoms with Gasteiger partial charge in [-0.3, -0.25) is 14.4 Å². The van der Waals surface area contributed by atoms with E-state index in [1.54, 1.807) is 36.0 Å². The van der Waals surface area contributed by atoms with Crippen LogP contribution >= 0.6 is 0 Å². The number of carbonyl (C=O) groups is 2. The molecule has 3 rings (SSSR count). The van der Waals surface area contributed by atoms with Crippen molar-refractivity contribution < 1.29 is 19.1 Å². The van der Waals surface area contributed by atoms with Crippen molar-refractivity contribution >= 4 is 11.8 Å². The van der Waals surface area contributed by atoms with Crippen molar-refractivity contribution in [2.75, 3.05) is 34.2 Å². The molecule has 2 amide bonds. The van der Waals surface area contributed by atoms with Crippen LogP contribution in [0.25, 0.3) is 0 Å². The number of benzene rings is 1. The lowest BCUT2D eigenvalue weighted by atomic mass is 10.0. The predicted molar refractivity (Wildman–Crippen MR) is 116 cm³/mol. The number of piperidine rings is 1. The Morgan fingerprint density at radius 1 is 1.22 bits per heavy atom. The molecular formula is C22H28FN5O4. The summed E-state index contributed by atoms with van der Waals surface area (Å²) in [7, 11) is 5.09. The molecule has 0 saturated carbocycles. The number of aromatic nitrogens is 2. The van der Waals surface area contributed by atoms with Crippen LogP contribution in [0.2, 0.25) is 0 Å². The Hall–Kier alpha value is -3.27. The van der Waals surface area contributed by atoms with Crippen molar-refractivity contribution in [3.8, 4) is 5.75 Å². The second-order valence-electron chi connectivity index (χ2n) is 8.27. The highest BCUT2D eigenvalue weighted by Gasteiger charge is 2.32. The minimum Gasteiger partial charge on any atom is -0.501 e. The number of likely N-dealkylation sites (tertiary alicyclic amines) is 1. The first-order chi connectivity index (χ1) is 15.2. The van der Waals surface area contributed by atoms with Crippen LogP contribution in [0.15, 0.2) is 29.1 Å². The molecule has 1 fully saturated rings. The van der Waals surface area contributed by atoms with Crippen LogP contribution in [0.3, 0.4) is 0 Å². The molecule has 172 valence electrons. The number of rotatable bonds is 6. The van der Waals surface area contributed by atoms with Gasteiger partial charge in [-0.05, 0) is 51.1 Å². The van der Waals surface area contributed by atoms with Gasteiger partial charge >= 0.3 is 0 Å². The first-order valence-corrected chi connectivity index (χ1v) is 10.4. The van der Waals surface area contributed by atoms with Crippen molar-refractivity contribution in [2.24, 2.45) is 0 Å². The van der Waals surface area contributed by atoms with Crippen LogP contribution in [0.4, 0.5) is 4.39 Å². The van der Waals surface area contributed by atoms with Crippen molar-refractivity contribution in [3.63, 3.8) is 0 Å². The lowest BCUT2D eigenvalue weighted by Crippen LogP contribution is -2.44. The molecule has 1 aliphatic heterocycles. The molecule has 0 aliphatic carbocycles. The summed E-state index contributed by atoms with van der Waals surface area (Å²) in [6.45, 7) is 0.875. The molecule has 1 atom stereocenters. The third kappa shape index (κ3) is 5.31. The SMILES string of the molecule is CN(C)CC(=O)N1CCCCC1c1nc(C(=O)N(C)Cc2ccc(F)cc2)c(O)c(=O)[nH]1. The van der Waals surface area contributed by atoms with Gasteiger partial charge in [0.25, 0.3) is 11.5 Å². The summed E-state index contributed by atoms with van der Waals surface area (Å²) in [5.41, 5.74) is -0.530. The van der Waals surface area contributed by atoms with Crippen molar-refractivity contribution in [3.05, 3.63) is 57.5 Å². The summed E-state index contributed by atoms with van der Waals surface area (Å²) in [4.78, 5) is 49.6. The molecule has 0 spiro atoms. The summed E-state index contributed by atoms with van der Waals surface area (Å²) in [5, 5.41) is 10.2. The molecule has 2 heterocycles. The smallest absolute Gasteiger partial charge is 0.294 e. The minimum atomic E-state index is -0.834. The lowest BCUT2D eigenvalue weighted by Gasteiger charge is -2.35. The Morgan fingerprint density at radius 3 is 2.56 bits per heavy atom. The van der Waals surface area contributed by atoms with Gasteiger partial charge in [0.2, 0.25) is 11.7 Å². The number of aromatic amines is 1. The molecule has 9 nitrogen and oxygen atoms in total. The van der Waals surface area contributed by atoms with Gasteiger partial charge in [0.05, 0.1) is 12.6 Å². The van der Waals surface area contributed by atoms with Crippen LogP contribution in [0, 0.1) is 5.82 Å². The molecule has 32 heavy (non-hydrogen) atoms. The standard InChI is InChI=1S/C22H28FN5O4/c1-26(2)13-17(29)28-11-5-4-6-16(28)20-24-18(19(30)21(31)25-20)22(32)27(3)12-14-7-9-15(23)10-8-14/h7-10,16,30H,4-6,11-13H2,1-3H3,(H,24,25,31). The highest BCUT2D eigenvalue weighted by Crippen LogP contribution is 2.29. The molecule has 2 aromatic rings. The van der Waals surface area contributed by atoms with Crippen LogP contribution in [0.1, 0.15) is 47.2 Å². The van der Waals surface area contributed by atoms with Gasteiger partial charge in [0.15, 0.2) is 5.69 Å². The third-order valence-corrected chi connectivity index (χ3v) is 5.39. The van der Waals surface area contributed by atoms with Gasteiger partial charge in [0, 0.05) is 20.1 Å². The fraction of sp³-hybridized carbons (Fsp3) is 0.455. The number of nitrogens with one attached hydrogen (secondary N) is 1. The molecule has 10 heteroatoms. The van der Waals surface area contributed by atoms with E-state index in [0.29, 0.717) is 18.5 Å². The average Bonchev–Trinajstić information content (AvgIpc) is 2.76. The average molecular weight is 445 g/mol. The summed E-state index contributed by atoms with van der Waals surface area (Å²) < 4.78 is 13.1. The fourth-order valence-corrected chi connectivity index (χ4v) is 3.78. The molecule has 0 radical (unpaired) electrons. The molecule has 1 aromatic carbocycles. The van der Waals surface area contributed by atoms with E-state index >= 15 is 0 Å². The van der Waals surface area contributed by atoms with Crippen molar-refractivity contribution in [1.29, 1.82) is 0 Å². The number of likely N-dealkylation sites (N-methyl/N-ethyl adjacent to an activating group) is 1. The Kier molecular flexibility index (Phi) is 7.24. The van der Waals surface area contributed by atoms with Gasteiger partial charge in [-0.1, -0.05) is 12.1 Å². The number of carbonyl (C=O) groups excluding carboxylic acids is 2. The Bertz CT molecular complexity index is 1040. The van der Waals surface area contributed by atoms with E-state index < -0.39 is 23.3 Å². The largest absolute Gasteiger partial charge is 0.501 e. The Balaban J connectivity index is 1.88. The molecule has 1 unspecified atom stereocenters. The minimum absolute atomic E-state index is 0.100. The fourth-order valence-electron chi connectivity index (χ4n) is 3.78. The highest BCUT2D eigenvalue weighted by molar-refractivity contribution is 5.94. The summed E-state index contributed by atoms with van der Waals surface area (Å²) in [6, 6.07) is 5.19. The third-order valence-electron chi connectivity index (χ3n) is 5.39. The van der Waals surface area contributed by atoms with E-state index in [1.165, 1.54) is 24.1 Å². The van der Waals surface area contributed by atoms with Crippen LogP contribution < -0.4 is 5.56 Å². The van der Waals surface area contributed by atoms with E-state index in [0.717, 1.165) is 12.8 Å². The number of H-pyrrole nitrogens is 1. The van der Waals surface area contributed by atoms with Crippen LogP contribution in [-0.2, 0) is 11.3 Å². The zero-order valence-corrected chi connectivity index (χ0v) is 18.5. The number of hydrogen-bond acceptors (Lipinski definition) is 6. The van der Waals surface area contributed by atoms with Gasteiger partial charge < -0.3 is 24.8 Å². The summed E-state index contributed by atoms with van der Waals surface area (Å²) in [6.07, 6.45) is 2.27. The van der Waals surface area contributed by atoms with Crippen LogP contribution in [-0.4, -0.2) is 75.8 Å². The number of aromatic hydroxyl groups is 1. The lowest BCUT2D eigenvalue weighted by molar-refractivity contribution is -0.135. The van der Waals surface area contributed by atoms with Gasteiger partial charge in [-0.15, -0.1) is 0 Å². The molecule has 1 aliphatic rings. The number of nitrogens with zero attached hydrogens (tertiary/aromatic N) is 4. The van der Waals surface area contributed by atoms with E-state index in [1.807, 2.05) is 0 Å². The second kappa shape index (κ2) is 9.90. The van der Waals surface area contributed by atoms with Crippen molar-refractivity contribution in [1.82, 2.24) is 24.7 Å². The molecule has 1 saturated heterocycles. The van der Waals surface area contributed by atoms with Gasteiger partial charge in [0.1, 0.15) is 11.6 Å². The van der Waals surface area contributed by atoms with E-state index in [9.17, 15) is 23.9 Å². The second-order valence-corrected chi connectivity index (χ2v) is 8.27. The highest BCUT2D eigenvalue weighted by atomic mass is 19.1. The first-order valence-electron chi connectivity index (χ1n) is 10.4. The molecule has 1 aromatic heterocycles. The van der Waals surface area contributed by atoms with Gasteiger partial charge in [-0.2, -0.15) is 0 Å². The maximum Gasteiger partial charge on any atom is 0.294 e. The summed E-state index contributed by atoms with van der Waals surface area (Å²) in [5.74, 6) is -1.73. The maximum absolute atomic E-state index is 13.1. The number of amides is 2. The zero-order chi connectivity index (χ0) is 23.4. The van der Waals surface area contributed by atoms with E-state index in [-0.39, 0.29) is 36.3 Å². The Labute approximate surface area is 185 Å². The van der Waals surface area contributed by atoms with Crippen molar-refractivity contribution in [2.45, 2.75) is 31.8 Å². The van der Waals surface area contributed by atoms with Gasteiger partial charge in [-0.25, -0.2) is 9.37 Å². The topological polar surface area (TPSA) is 110 Å². The normalized spacial score (nSPS) is 16.3. The monoisotopic (exact) mass is 445 g/mol. The number of halogens is 1. The summed E-state index contributed by atoms with van der Waals surface area (Å²) >= 11 is 0. The number of hydrogen-bond donors (Lipinski definition) is 2. The van der Waals surface area contributed by atoms with E-state index in [2.05, 4.69) is 9.97 Å². The zero-order valence-electron chi connectivity index (χ0n) is 18.5.